The van der Waals surface area contributed by atoms with E-state index in [1.54, 1.807) is 0 Å². The molecule has 1 rings (SSSR count). The van der Waals surface area contributed by atoms with Crippen molar-refractivity contribution in [3.05, 3.63) is 30.3 Å². The summed E-state index contributed by atoms with van der Waals surface area (Å²) < 4.78 is 0. The van der Waals surface area contributed by atoms with E-state index >= 15 is 0 Å². The van der Waals surface area contributed by atoms with Crippen molar-refractivity contribution in [1.29, 1.82) is 10.5 Å². The van der Waals surface area contributed by atoms with Crippen molar-refractivity contribution < 1.29 is 0 Å². The molecule has 0 heterocycles. The van der Waals surface area contributed by atoms with Gasteiger partial charge in [-0.2, -0.15) is 20.8 Å². The zero-order valence-corrected chi connectivity index (χ0v) is 8.17. The highest BCUT2D eigenvalue weighted by Crippen LogP contribution is 2.10. The van der Waals surface area contributed by atoms with Crippen LogP contribution < -0.4 is 0 Å². The second-order valence-corrected chi connectivity index (χ2v) is 2.90. The second-order valence-electron chi connectivity index (χ2n) is 2.90. The van der Waals surface area contributed by atoms with E-state index in [0.717, 1.165) is 5.69 Å². The Hall–Kier alpha value is -2.20. The van der Waals surface area contributed by atoms with Gasteiger partial charge in [-0.3, -0.25) is 0 Å². The maximum Gasteiger partial charge on any atom is 0.135 e. The van der Waals surface area contributed by atoms with E-state index in [9.17, 15) is 0 Å². The summed E-state index contributed by atoms with van der Waals surface area (Å²) in [6.07, 6.45) is 0.434. The van der Waals surface area contributed by atoms with Crippen molar-refractivity contribution in [3.63, 3.8) is 0 Å². The molecule has 1 aromatic rings. The minimum atomic E-state index is -0.584. The molecule has 0 aliphatic rings. The Labute approximate surface area is 88.5 Å². The van der Waals surface area contributed by atoms with Crippen molar-refractivity contribution in [2.45, 2.75) is 6.42 Å². The molecule has 0 spiro atoms. The molecule has 0 atom stereocenters. The molecule has 0 fully saturated rings. The lowest BCUT2D eigenvalue weighted by molar-refractivity contribution is 0.725. The van der Waals surface area contributed by atoms with E-state index in [1.165, 1.54) is 0 Å². The van der Waals surface area contributed by atoms with Crippen LogP contribution in [-0.4, -0.2) is 6.54 Å². The summed E-state index contributed by atoms with van der Waals surface area (Å²) in [5.41, 5.74) is 0.781. The van der Waals surface area contributed by atoms with Crippen LogP contribution in [0.2, 0.25) is 0 Å². The summed E-state index contributed by atoms with van der Waals surface area (Å²) in [5.74, 6) is -0.584. The van der Waals surface area contributed by atoms with E-state index in [-0.39, 0.29) is 0 Å². The van der Waals surface area contributed by atoms with Crippen LogP contribution in [0.5, 0.6) is 0 Å². The highest BCUT2D eigenvalue weighted by atomic mass is 15.1. The Balaban J connectivity index is 2.36. The van der Waals surface area contributed by atoms with Crippen LogP contribution in [0.3, 0.4) is 0 Å². The van der Waals surface area contributed by atoms with Gasteiger partial charge in [0.1, 0.15) is 5.92 Å². The molecule has 0 N–H and O–H groups in total. The Morgan fingerprint density at radius 1 is 1.13 bits per heavy atom. The maximum absolute atomic E-state index is 8.50. The number of hydrogen-bond acceptors (Lipinski definition) is 4. The molecular weight excluding hydrogens is 188 g/mol. The first kappa shape index (κ1) is 10.9. The number of hydrogen-bond donors (Lipinski definition) is 0. The molecule has 0 aliphatic heterocycles. The standard InChI is InChI=1S/C11H10N4/c12-8-10(9-13)6-7-14-15-11-4-2-1-3-5-11/h1-5,10H,6-7H2. The van der Waals surface area contributed by atoms with E-state index in [0.29, 0.717) is 13.0 Å². The van der Waals surface area contributed by atoms with E-state index in [1.807, 2.05) is 42.5 Å². The second kappa shape index (κ2) is 6.28. The molecule has 0 aromatic heterocycles. The quantitative estimate of drug-likeness (QED) is 0.697. The fourth-order valence-electron chi connectivity index (χ4n) is 0.971. The van der Waals surface area contributed by atoms with Gasteiger partial charge in [0.25, 0.3) is 0 Å². The molecule has 0 radical (unpaired) electrons. The van der Waals surface area contributed by atoms with Gasteiger partial charge in [-0.15, -0.1) is 0 Å². The smallest absolute Gasteiger partial charge is 0.135 e. The van der Waals surface area contributed by atoms with Crippen LogP contribution in [0.1, 0.15) is 6.42 Å². The first-order chi connectivity index (χ1) is 7.36. The van der Waals surface area contributed by atoms with Gasteiger partial charge in [-0.05, 0) is 18.6 Å². The van der Waals surface area contributed by atoms with Crippen LogP contribution in [0.25, 0.3) is 0 Å². The average Bonchev–Trinajstić information content (AvgIpc) is 2.31. The van der Waals surface area contributed by atoms with Crippen molar-refractivity contribution >= 4 is 5.69 Å². The average molecular weight is 198 g/mol. The zero-order valence-electron chi connectivity index (χ0n) is 8.17. The minimum Gasteiger partial charge on any atom is -0.197 e. The van der Waals surface area contributed by atoms with E-state index < -0.39 is 5.92 Å². The fraction of sp³-hybridized carbons (Fsp3) is 0.273. The van der Waals surface area contributed by atoms with Crippen LogP contribution >= 0.6 is 0 Å². The lowest BCUT2D eigenvalue weighted by atomic mass is 10.1. The summed E-state index contributed by atoms with van der Waals surface area (Å²) in [5, 5.41) is 24.8. The Morgan fingerprint density at radius 2 is 1.80 bits per heavy atom. The molecule has 0 saturated heterocycles. The summed E-state index contributed by atoms with van der Waals surface area (Å²) in [4.78, 5) is 0. The third-order valence-corrected chi connectivity index (χ3v) is 1.77. The number of azo groups is 1. The molecule has 74 valence electrons. The SMILES string of the molecule is N#CC(C#N)CCN=Nc1ccccc1. The predicted octanol–water partition coefficient (Wildman–Crippen LogP) is 2.82. The number of nitriles is 2. The highest BCUT2D eigenvalue weighted by molar-refractivity contribution is 5.34. The van der Waals surface area contributed by atoms with Gasteiger partial charge in [0.2, 0.25) is 0 Å². The number of rotatable bonds is 4. The van der Waals surface area contributed by atoms with Crippen molar-refractivity contribution in [3.8, 4) is 12.1 Å². The van der Waals surface area contributed by atoms with Crippen LogP contribution in [0.15, 0.2) is 40.6 Å². The molecule has 0 unspecified atom stereocenters. The van der Waals surface area contributed by atoms with Gasteiger partial charge in [-0.1, -0.05) is 18.2 Å². The predicted molar refractivity (Wildman–Crippen MR) is 55.2 cm³/mol. The molecule has 4 heteroatoms. The highest BCUT2D eigenvalue weighted by Gasteiger charge is 2.02. The minimum absolute atomic E-state index is 0.403. The molecule has 4 nitrogen and oxygen atoms in total. The van der Waals surface area contributed by atoms with Crippen molar-refractivity contribution in [1.82, 2.24) is 0 Å². The first-order valence-electron chi connectivity index (χ1n) is 4.58. The Kier molecular flexibility index (Phi) is 4.56. The van der Waals surface area contributed by atoms with E-state index in [2.05, 4.69) is 10.2 Å². The molecule has 0 saturated carbocycles. The summed E-state index contributed by atoms with van der Waals surface area (Å²) in [6, 6.07) is 13.1. The summed E-state index contributed by atoms with van der Waals surface area (Å²) in [7, 11) is 0. The Bertz CT molecular complexity index is 383. The van der Waals surface area contributed by atoms with Gasteiger partial charge in [0, 0.05) is 0 Å². The van der Waals surface area contributed by atoms with Gasteiger partial charge >= 0.3 is 0 Å². The summed E-state index contributed by atoms with van der Waals surface area (Å²) >= 11 is 0. The third kappa shape index (κ3) is 4.02. The number of benzene rings is 1. The largest absolute Gasteiger partial charge is 0.197 e. The number of nitrogens with zero attached hydrogens (tertiary/aromatic N) is 4. The lowest BCUT2D eigenvalue weighted by Gasteiger charge is -1.93. The van der Waals surface area contributed by atoms with Crippen molar-refractivity contribution in [2.75, 3.05) is 6.54 Å². The maximum atomic E-state index is 8.50. The van der Waals surface area contributed by atoms with Crippen LogP contribution in [0, 0.1) is 28.6 Å². The fourth-order valence-corrected chi connectivity index (χ4v) is 0.971. The van der Waals surface area contributed by atoms with Crippen molar-refractivity contribution in [2.24, 2.45) is 16.1 Å². The molecule has 0 aliphatic carbocycles. The Morgan fingerprint density at radius 3 is 2.40 bits per heavy atom. The van der Waals surface area contributed by atoms with Gasteiger partial charge in [0.05, 0.1) is 24.4 Å². The molecular formula is C11H10N4. The van der Waals surface area contributed by atoms with Crippen LogP contribution in [-0.2, 0) is 0 Å². The van der Waals surface area contributed by atoms with Crippen LogP contribution in [0.4, 0.5) is 5.69 Å². The zero-order chi connectivity index (χ0) is 10.9. The molecule has 1 aromatic carbocycles. The first-order valence-corrected chi connectivity index (χ1v) is 4.58. The molecule has 0 bridgehead atoms. The van der Waals surface area contributed by atoms with Gasteiger partial charge < -0.3 is 0 Å². The third-order valence-electron chi connectivity index (χ3n) is 1.77. The monoisotopic (exact) mass is 198 g/mol. The normalized spacial score (nSPS) is 10.1. The lowest BCUT2D eigenvalue weighted by Crippen LogP contribution is -1.94. The molecule has 15 heavy (non-hydrogen) atoms. The van der Waals surface area contributed by atoms with E-state index in [4.69, 9.17) is 10.5 Å². The molecule has 0 amide bonds. The van der Waals surface area contributed by atoms with Gasteiger partial charge in [-0.25, -0.2) is 0 Å². The topological polar surface area (TPSA) is 72.3 Å². The summed E-state index contributed by atoms with van der Waals surface area (Å²) in [6.45, 7) is 0.403. The van der Waals surface area contributed by atoms with Gasteiger partial charge in [0.15, 0.2) is 0 Å².